The highest BCUT2D eigenvalue weighted by molar-refractivity contribution is 7.22. The lowest BCUT2D eigenvalue weighted by Crippen LogP contribution is -2.06. The van der Waals surface area contributed by atoms with E-state index in [1.165, 1.54) is 23.5 Å². The highest BCUT2D eigenvalue weighted by atomic mass is 35.5. The van der Waals surface area contributed by atoms with E-state index in [9.17, 15) is 4.39 Å². The van der Waals surface area contributed by atoms with Crippen molar-refractivity contribution >= 4 is 38.3 Å². The molecule has 0 saturated heterocycles. The van der Waals surface area contributed by atoms with Gasteiger partial charge >= 0.3 is 0 Å². The van der Waals surface area contributed by atoms with Crippen LogP contribution in [0.15, 0.2) is 42.5 Å². The average molecular weight is 307 g/mol. The van der Waals surface area contributed by atoms with Gasteiger partial charge in [0, 0.05) is 5.02 Å². The molecule has 5 heteroatoms. The molecule has 2 nitrogen and oxygen atoms in total. The van der Waals surface area contributed by atoms with Gasteiger partial charge < -0.3 is 5.32 Å². The van der Waals surface area contributed by atoms with E-state index >= 15 is 0 Å². The number of nitrogens with zero attached hydrogens (tertiary/aromatic N) is 1. The molecule has 1 N–H and O–H groups in total. The van der Waals surface area contributed by atoms with Gasteiger partial charge in [0.25, 0.3) is 0 Å². The Hall–Kier alpha value is -1.65. The van der Waals surface area contributed by atoms with Crippen molar-refractivity contribution in [3.63, 3.8) is 0 Å². The third kappa shape index (κ3) is 2.76. The fourth-order valence-electron chi connectivity index (χ4n) is 2.00. The second-order valence-electron chi connectivity index (χ2n) is 4.55. The molecule has 0 aliphatic rings. The van der Waals surface area contributed by atoms with Crippen LogP contribution in [0, 0.1) is 5.82 Å². The maximum atomic E-state index is 13.2. The van der Waals surface area contributed by atoms with Crippen LogP contribution in [0.25, 0.3) is 10.2 Å². The Bertz CT molecular complexity index is 756. The Labute approximate surface area is 125 Å². The SMILES string of the molecule is CC(Nc1nc2ccc(Cl)cc2s1)c1cccc(F)c1. The zero-order valence-electron chi connectivity index (χ0n) is 10.7. The molecule has 0 aliphatic heterocycles. The predicted molar refractivity (Wildman–Crippen MR) is 83.1 cm³/mol. The Morgan fingerprint density at radius 1 is 1.25 bits per heavy atom. The van der Waals surface area contributed by atoms with Crippen LogP contribution in [0.5, 0.6) is 0 Å². The normalized spacial score (nSPS) is 12.6. The first-order chi connectivity index (χ1) is 9.61. The lowest BCUT2D eigenvalue weighted by Gasteiger charge is -2.13. The van der Waals surface area contributed by atoms with Crippen LogP contribution in [-0.4, -0.2) is 4.98 Å². The van der Waals surface area contributed by atoms with Gasteiger partial charge in [-0.3, -0.25) is 0 Å². The van der Waals surface area contributed by atoms with E-state index in [1.807, 2.05) is 31.2 Å². The number of hydrogen-bond donors (Lipinski definition) is 1. The van der Waals surface area contributed by atoms with Crippen LogP contribution < -0.4 is 5.32 Å². The number of halogens is 2. The smallest absolute Gasteiger partial charge is 0.184 e. The van der Waals surface area contributed by atoms with Crippen LogP contribution in [0.3, 0.4) is 0 Å². The van der Waals surface area contributed by atoms with Crippen molar-refractivity contribution in [2.24, 2.45) is 0 Å². The quantitative estimate of drug-likeness (QED) is 0.713. The number of thiazole rings is 1. The Morgan fingerprint density at radius 2 is 2.10 bits per heavy atom. The van der Waals surface area contributed by atoms with E-state index in [4.69, 9.17) is 11.6 Å². The Morgan fingerprint density at radius 3 is 2.90 bits per heavy atom. The molecular weight excluding hydrogens is 295 g/mol. The summed E-state index contributed by atoms with van der Waals surface area (Å²) < 4.78 is 14.3. The highest BCUT2D eigenvalue weighted by Crippen LogP contribution is 2.30. The summed E-state index contributed by atoms with van der Waals surface area (Å²) in [6.07, 6.45) is 0. The number of anilines is 1. The molecule has 0 saturated carbocycles. The molecule has 1 heterocycles. The number of aromatic nitrogens is 1. The molecule has 2 aromatic carbocycles. The summed E-state index contributed by atoms with van der Waals surface area (Å²) in [4.78, 5) is 4.50. The molecule has 3 rings (SSSR count). The molecule has 3 aromatic rings. The largest absolute Gasteiger partial charge is 0.355 e. The second kappa shape index (κ2) is 5.38. The minimum Gasteiger partial charge on any atom is -0.355 e. The lowest BCUT2D eigenvalue weighted by molar-refractivity contribution is 0.623. The highest BCUT2D eigenvalue weighted by Gasteiger charge is 2.10. The van der Waals surface area contributed by atoms with Crippen molar-refractivity contribution in [3.05, 3.63) is 58.9 Å². The van der Waals surface area contributed by atoms with E-state index < -0.39 is 0 Å². The number of hydrogen-bond acceptors (Lipinski definition) is 3. The van der Waals surface area contributed by atoms with E-state index in [1.54, 1.807) is 6.07 Å². The van der Waals surface area contributed by atoms with Crippen LogP contribution in [0.2, 0.25) is 5.02 Å². The predicted octanol–water partition coefficient (Wildman–Crippen LogP) is 5.26. The second-order valence-corrected chi connectivity index (χ2v) is 6.02. The Kier molecular flexibility index (Phi) is 3.59. The number of benzene rings is 2. The van der Waals surface area contributed by atoms with Crippen molar-refractivity contribution < 1.29 is 4.39 Å². The summed E-state index contributed by atoms with van der Waals surface area (Å²) in [7, 11) is 0. The average Bonchev–Trinajstić information content (AvgIpc) is 2.80. The van der Waals surface area contributed by atoms with Crippen molar-refractivity contribution in [3.8, 4) is 0 Å². The van der Waals surface area contributed by atoms with E-state index in [0.717, 1.165) is 20.9 Å². The van der Waals surface area contributed by atoms with Gasteiger partial charge in [0.15, 0.2) is 5.13 Å². The minimum atomic E-state index is -0.229. The molecule has 0 radical (unpaired) electrons. The van der Waals surface area contributed by atoms with Gasteiger partial charge in [-0.05, 0) is 42.8 Å². The number of rotatable bonds is 3. The van der Waals surface area contributed by atoms with Gasteiger partial charge in [-0.15, -0.1) is 0 Å². The van der Waals surface area contributed by atoms with Gasteiger partial charge in [0.2, 0.25) is 0 Å². The van der Waals surface area contributed by atoms with Gasteiger partial charge in [0.1, 0.15) is 5.82 Å². The monoisotopic (exact) mass is 306 g/mol. The summed E-state index contributed by atoms with van der Waals surface area (Å²) in [6, 6.07) is 12.2. The molecule has 102 valence electrons. The molecule has 1 atom stereocenters. The van der Waals surface area contributed by atoms with Crippen LogP contribution in [-0.2, 0) is 0 Å². The Balaban J connectivity index is 1.85. The standard InChI is InChI=1S/C15H12ClFN2S/c1-9(10-3-2-4-12(17)7-10)18-15-19-13-6-5-11(16)8-14(13)20-15/h2-9H,1H3,(H,18,19). The molecular formula is C15H12ClFN2S. The summed E-state index contributed by atoms with van der Waals surface area (Å²) in [5, 5.41) is 4.80. The van der Waals surface area contributed by atoms with Crippen molar-refractivity contribution in [1.82, 2.24) is 4.98 Å². The zero-order valence-corrected chi connectivity index (χ0v) is 12.3. The fraction of sp³-hybridized carbons (Fsp3) is 0.133. The topological polar surface area (TPSA) is 24.9 Å². The van der Waals surface area contributed by atoms with E-state index in [-0.39, 0.29) is 11.9 Å². The third-order valence-electron chi connectivity index (χ3n) is 3.04. The molecule has 0 spiro atoms. The summed E-state index contributed by atoms with van der Waals surface area (Å²) >= 11 is 7.50. The first-order valence-corrected chi connectivity index (χ1v) is 7.39. The van der Waals surface area contributed by atoms with E-state index in [0.29, 0.717) is 5.02 Å². The van der Waals surface area contributed by atoms with Gasteiger partial charge in [-0.2, -0.15) is 0 Å². The summed E-state index contributed by atoms with van der Waals surface area (Å²) in [5.74, 6) is -0.229. The number of fused-ring (bicyclic) bond motifs is 1. The first kappa shape index (κ1) is 13.3. The molecule has 0 bridgehead atoms. The van der Waals surface area contributed by atoms with Crippen molar-refractivity contribution in [2.45, 2.75) is 13.0 Å². The fourth-order valence-corrected chi connectivity index (χ4v) is 3.23. The summed E-state index contributed by atoms with van der Waals surface area (Å²) in [5.41, 5.74) is 1.80. The molecule has 20 heavy (non-hydrogen) atoms. The van der Waals surface area contributed by atoms with Crippen molar-refractivity contribution in [1.29, 1.82) is 0 Å². The van der Waals surface area contributed by atoms with Gasteiger partial charge in [-0.1, -0.05) is 35.1 Å². The molecule has 0 aliphatic carbocycles. The van der Waals surface area contributed by atoms with Crippen LogP contribution in [0.1, 0.15) is 18.5 Å². The molecule has 1 unspecified atom stereocenters. The number of nitrogens with one attached hydrogen (secondary N) is 1. The third-order valence-corrected chi connectivity index (χ3v) is 4.22. The maximum Gasteiger partial charge on any atom is 0.184 e. The van der Waals surface area contributed by atoms with Gasteiger partial charge in [0.05, 0.1) is 16.3 Å². The van der Waals surface area contributed by atoms with E-state index in [2.05, 4.69) is 10.3 Å². The molecule has 1 aromatic heterocycles. The van der Waals surface area contributed by atoms with Crippen LogP contribution >= 0.6 is 22.9 Å². The molecule has 0 amide bonds. The maximum absolute atomic E-state index is 13.2. The summed E-state index contributed by atoms with van der Waals surface area (Å²) in [6.45, 7) is 1.98. The molecule has 0 fully saturated rings. The van der Waals surface area contributed by atoms with Gasteiger partial charge in [-0.25, -0.2) is 9.37 Å². The van der Waals surface area contributed by atoms with Crippen molar-refractivity contribution in [2.75, 3.05) is 5.32 Å². The van der Waals surface area contributed by atoms with Crippen LogP contribution in [0.4, 0.5) is 9.52 Å². The minimum absolute atomic E-state index is 0.0123. The lowest BCUT2D eigenvalue weighted by atomic mass is 10.1. The zero-order chi connectivity index (χ0) is 14.1. The first-order valence-electron chi connectivity index (χ1n) is 6.20.